The number of nitrogens with zero attached hydrogens (tertiary/aromatic N) is 2. The highest BCUT2D eigenvalue weighted by Gasteiger charge is 2.20. The summed E-state index contributed by atoms with van der Waals surface area (Å²) in [5, 5.41) is 6.81. The first-order valence-electron chi connectivity index (χ1n) is 8.03. The Morgan fingerprint density at radius 3 is 2.73 bits per heavy atom. The molecule has 0 aliphatic heterocycles. The van der Waals surface area contributed by atoms with Gasteiger partial charge in [0.1, 0.15) is 12.8 Å². The first-order chi connectivity index (χ1) is 12.5. The second-order valence-corrected chi connectivity index (χ2v) is 6.15. The number of aromatic nitrogens is 1. The third-order valence-corrected chi connectivity index (χ3v) is 4.15. The van der Waals surface area contributed by atoms with Crippen molar-refractivity contribution in [3.05, 3.63) is 46.1 Å². The molecule has 0 atom stereocenters. The molecule has 0 radical (unpaired) electrons. The van der Waals surface area contributed by atoms with E-state index in [-0.39, 0.29) is 29.2 Å². The number of hydrogen-bond donors (Lipinski definition) is 1. The van der Waals surface area contributed by atoms with Gasteiger partial charge in [-0.3, -0.25) is 9.59 Å². The lowest BCUT2D eigenvalue weighted by atomic mass is 10.2. The maximum Gasteiger partial charge on any atom is 0.254 e. The van der Waals surface area contributed by atoms with E-state index in [4.69, 9.17) is 27.9 Å². The second-order valence-electron chi connectivity index (χ2n) is 5.34. The molecule has 9 heteroatoms. The number of ether oxygens (including phenoxy) is 1. The molecule has 0 saturated heterocycles. The lowest BCUT2D eigenvalue weighted by Crippen LogP contribution is -2.39. The minimum atomic E-state index is -0.385. The van der Waals surface area contributed by atoms with Gasteiger partial charge in [-0.05, 0) is 31.5 Å². The van der Waals surface area contributed by atoms with Crippen LogP contribution < -0.4 is 5.32 Å². The van der Waals surface area contributed by atoms with E-state index < -0.39 is 0 Å². The summed E-state index contributed by atoms with van der Waals surface area (Å²) in [6.45, 7) is 3.19. The quantitative estimate of drug-likeness (QED) is 0.652. The van der Waals surface area contributed by atoms with Crippen LogP contribution in [0.3, 0.4) is 0 Å². The molecule has 0 unspecified atom stereocenters. The van der Waals surface area contributed by atoms with Crippen LogP contribution in [0.4, 0.5) is 5.82 Å². The first kappa shape index (κ1) is 20.2. The summed E-state index contributed by atoms with van der Waals surface area (Å²) in [4.78, 5) is 26.4. The van der Waals surface area contributed by atoms with Crippen LogP contribution >= 0.6 is 23.2 Å². The summed E-state index contributed by atoms with van der Waals surface area (Å²) in [7, 11) is 0. The molecule has 2 amide bonds. The summed E-state index contributed by atoms with van der Waals surface area (Å²) in [5.41, 5.74) is 0.352. The Kier molecular flexibility index (Phi) is 7.90. The molecule has 26 heavy (non-hydrogen) atoms. The predicted molar refractivity (Wildman–Crippen MR) is 98.6 cm³/mol. The molecule has 0 spiro atoms. The summed E-state index contributed by atoms with van der Waals surface area (Å²) >= 11 is 11.9. The van der Waals surface area contributed by atoms with Gasteiger partial charge in [0.05, 0.1) is 10.0 Å². The van der Waals surface area contributed by atoms with E-state index in [1.54, 1.807) is 12.1 Å². The van der Waals surface area contributed by atoms with E-state index in [0.29, 0.717) is 36.8 Å². The van der Waals surface area contributed by atoms with Crippen molar-refractivity contribution in [1.29, 1.82) is 0 Å². The highest BCUT2D eigenvalue weighted by Crippen LogP contribution is 2.23. The number of carbonyl (C=O) groups is 2. The van der Waals surface area contributed by atoms with Crippen LogP contribution in [0.1, 0.15) is 23.7 Å². The standard InChI is InChI=1S/C17H19Cl2N3O4/c1-2-25-8-3-7-22(11-16(23)20-15-6-9-26-21-15)17(24)12-4-5-13(18)14(19)10-12/h4-6,9-10H,2-3,7-8,11H2,1H3,(H,20,21,23). The van der Waals surface area contributed by atoms with E-state index in [1.165, 1.54) is 23.3 Å². The lowest BCUT2D eigenvalue weighted by molar-refractivity contribution is -0.117. The molecule has 2 aromatic rings. The average Bonchev–Trinajstić information content (AvgIpc) is 3.12. The number of rotatable bonds is 9. The summed E-state index contributed by atoms with van der Waals surface area (Å²) in [5.74, 6) is -0.426. The molecule has 1 aromatic carbocycles. The molecule has 0 aliphatic rings. The van der Waals surface area contributed by atoms with Crippen molar-refractivity contribution in [2.75, 3.05) is 31.6 Å². The van der Waals surface area contributed by atoms with Gasteiger partial charge in [-0.15, -0.1) is 0 Å². The Bertz CT molecular complexity index is 738. The van der Waals surface area contributed by atoms with Gasteiger partial charge in [-0.2, -0.15) is 0 Å². The molecule has 0 bridgehead atoms. The zero-order valence-electron chi connectivity index (χ0n) is 14.2. The smallest absolute Gasteiger partial charge is 0.254 e. The van der Waals surface area contributed by atoms with Crippen LogP contribution in [0.25, 0.3) is 0 Å². The van der Waals surface area contributed by atoms with E-state index in [0.717, 1.165) is 0 Å². The number of hydrogen-bond acceptors (Lipinski definition) is 5. The first-order valence-corrected chi connectivity index (χ1v) is 8.79. The van der Waals surface area contributed by atoms with E-state index >= 15 is 0 Å². The van der Waals surface area contributed by atoms with Crippen molar-refractivity contribution in [2.24, 2.45) is 0 Å². The van der Waals surface area contributed by atoms with Crippen LogP contribution in [0, 0.1) is 0 Å². The van der Waals surface area contributed by atoms with Gasteiger partial charge in [0.15, 0.2) is 5.82 Å². The molecule has 1 heterocycles. The van der Waals surface area contributed by atoms with Crippen LogP contribution in [0.2, 0.25) is 10.0 Å². The maximum atomic E-state index is 12.8. The topological polar surface area (TPSA) is 84.7 Å². The number of amides is 2. The van der Waals surface area contributed by atoms with Crippen LogP contribution in [-0.2, 0) is 9.53 Å². The van der Waals surface area contributed by atoms with Gasteiger partial charge >= 0.3 is 0 Å². The third-order valence-electron chi connectivity index (χ3n) is 3.41. The summed E-state index contributed by atoms with van der Waals surface area (Å²) in [6, 6.07) is 6.11. The van der Waals surface area contributed by atoms with Gasteiger partial charge in [0.25, 0.3) is 5.91 Å². The van der Waals surface area contributed by atoms with Crippen LogP contribution in [-0.4, -0.2) is 48.2 Å². The second kappa shape index (κ2) is 10.2. The number of benzene rings is 1. The molecule has 2 rings (SSSR count). The minimum absolute atomic E-state index is 0.141. The summed E-state index contributed by atoms with van der Waals surface area (Å²) < 4.78 is 9.96. The number of anilines is 1. The zero-order valence-corrected chi connectivity index (χ0v) is 15.7. The fraction of sp³-hybridized carbons (Fsp3) is 0.353. The van der Waals surface area contributed by atoms with Crippen LogP contribution in [0.15, 0.2) is 35.1 Å². The number of carbonyl (C=O) groups excluding carboxylic acids is 2. The maximum absolute atomic E-state index is 12.8. The van der Waals surface area contributed by atoms with Crippen molar-refractivity contribution in [3.8, 4) is 0 Å². The molecule has 0 fully saturated rings. The Hall–Kier alpha value is -2.09. The molecule has 1 aromatic heterocycles. The molecule has 0 saturated carbocycles. The molecule has 0 aliphatic carbocycles. The van der Waals surface area contributed by atoms with Crippen LogP contribution in [0.5, 0.6) is 0 Å². The monoisotopic (exact) mass is 399 g/mol. The van der Waals surface area contributed by atoms with E-state index in [9.17, 15) is 9.59 Å². The third kappa shape index (κ3) is 6.01. The van der Waals surface area contributed by atoms with Crippen molar-refractivity contribution in [2.45, 2.75) is 13.3 Å². The highest BCUT2D eigenvalue weighted by atomic mass is 35.5. The lowest BCUT2D eigenvalue weighted by Gasteiger charge is -2.22. The Morgan fingerprint density at radius 2 is 2.08 bits per heavy atom. The predicted octanol–water partition coefficient (Wildman–Crippen LogP) is 3.49. The number of nitrogens with one attached hydrogen (secondary N) is 1. The fourth-order valence-electron chi connectivity index (χ4n) is 2.20. The van der Waals surface area contributed by atoms with Crippen molar-refractivity contribution < 1.29 is 18.8 Å². The minimum Gasteiger partial charge on any atom is -0.382 e. The van der Waals surface area contributed by atoms with Crippen molar-refractivity contribution >= 4 is 40.8 Å². The van der Waals surface area contributed by atoms with E-state index in [2.05, 4.69) is 15.0 Å². The molecule has 140 valence electrons. The van der Waals surface area contributed by atoms with Gasteiger partial charge < -0.3 is 19.5 Å². The Balaban J connectivity index is 2.06. The van der Waals surface area contributed by atoms with Gasteiger partial charge in [-0.1, -0.05) is 28.4 Å². The Labute approximate surface area is 161 Å². The summed E-state index contributed by atoms with van der Waals surface area (Å²) in [6.07, 6.45) is 1.94. The van der Waals surface area contributed by atoms with Crippen molar-refractivity contribution in [1.82, 2.24) is 10.1 Å². The number of halogens is 2. The van der Waals surface area contributed by atoms with Gasteiger partial charge in [0, 0.05) is 31.4 Å². The zero-order chi connectivity index (χ0) is 18.9. The van der Waals surface area contributed by atoms with E-state index in [1.807, 2.05) is 6.92 Å². The fourth-order valence-corrected chi connectivity index (χ4v) is 2.50. The normalized spacial score (nSPS) is 10.6. The Morgan fingerprint density at radius 1 is 1.27 bits per heavy atom. The largest absolute Gasteiger partial charge is 0.382 e. The molecular formula is C17H19Cl2N3O4. The SMILES string of the molecule is CCOCCCN(CC(=O)Nc1ccon1)C(=O)c1ccc(Cl)c(Cl)c1. The van der Waals surface area contributed by atoms with Crippen molar-refractivity contribution in [3.63, 3.8) is 0 Å². The van der Waals surface area contributed by atoms with Gasteiger partial charge in [-0.25, -0.2) is 0 Å². The highest BCUT2D eigenvalue weighted by molar-refractivity contribution is 6.42. The molecular weight excluding hydrogens is 381 g/mol. The van der Waals surface area contributed by atoms with Gasteiger partial charge in [0.2, 0.25) is 5.91 Å². The molecule has 7 nitrogen and oxygen atoms in total. The molecule has 1 N–H and O–H groups in total. The average molecular weight is 400 g/mol.